The smallest absolute Gasteiger partial charge is 0.237 e. The highest BCUT2D eigenvalue weighted by molar-refractivity contribution is 6.21. The van der Waals surface area contributed by atoms with E-state index in [-0.39, 0.29) is 24.2 Å². The highest BCUT2D eigenvalue weighted by atomic mass is 16.4. The number of benzene rings is 2. The maximum Gasteiger partial charge on any atom is 0.237 e. The number of imide groups is 1. The number of aliphatic carboxylic acids is 1. The molecule has 0 aliphatic carbocycles. The Labute approximate surface area is 151 Å². The Kier molecular flexibility index (Phi) is 4.98. The SMILES string of the molecule is Cc1ccc(CC2CC(=O)N(c3ccc(C=CC(=O)[O-])cc3)C2=O)cc1. The fourth-order valence-corrected chi connectivity index (χ4v) is 3.03. The summed E-state index contributed by atoms with van der Waals surface area (Å²) in [5.74, 6) is -2.06. The molecule has 1 aliphatic rings. The number of hydrogen-bond donors (Lipinski definition) is 0. The molecule has 5 nitrogen and oxygen atoms in total. The van der Waals surface area contributed by atoms with E-state index in [1.54, 1.807) is 24.3 Å². The van der Waals surface area contributed by atoms with Crippen LogP contribution >= 0.6 is 0 Å². The molecular weight excluding hydrogens is 330 g/mol. The lowest BCUT2D eigenvalue weighted by Gasteiger charge is -2.15. The van der Waals surface area contributed by atoms with Crippen molar-refractivity contribution >= 4 is 29.5 Å². The first kappa shape index (κ1) is 17.6. The summed E-state index contributed by atoms with van der Waals surface area (Å²) in [5.41, 5.74) is 3.33. The zero-order valence-corrected chi connectivity index (χ0v) is 14.3. The molecule has 0 aromatic heterocycles. The number of aryl methyl sites for hydroxylation is 1. The first-order chi connectivity index (χ1) is 12.4. The van der Waals surface area contributed by atoms with Crippen molar-refractivity contribution in [2.45, 2.75) is 19.8 Å². The minimum absolute atomic E-state index is 0.193. The van der Waals surface area contributed by atoms with E-state index in [0.717, 1.165) is 17.2 Å². The normalized spacial score (nSPS) is 17.3. The standard InChI is InChI=1S/C21H19NO4/c1-14-2-4-16(5-3-14)12-17-13-19(23)22(21(17)26)18-9-6-15(7-10-18)8-11-20(24)25/h2-11,17H,12-13H2,1H3,(H,24,25)/p-1. The van der Waals surface area contributed by atoms with Crippen molar-refractivity contribution in [1.82, 2.24) is 0 Å². The van der Waals surface area contributed by atoms with Gasteiger partial charge in [0.05, 0.1) is 17.6 Å². The van der Waals surface area contributed by atoms with E-state index in [2.05, 4.69) is 0 Å². The number of carboxylic acids is 1. The molecule has 3 rings (SSSR count). The van der Waals surface area contributed by atoms with Gasteiger partial charge >= 0.3 is 0 Å². The van der Waals surface area contributed by atoms with Crippen LogP contribution in [0, 0.1) is 12.8 Å². The van der Waals surface area contributed by atoms with Gasteiger partial charge in [0.2, 0.25) is 11.8 Å². The maximum absolute atomic E-state index is 12.7. The van der Waals surface area contributed by atoms with Crippen LogP contribution in [0.5, 0.6) is 0 Å². The van der Waals surface area contributed by atoms with Gasteiger partial charge in [0.25, 0.3) is 0 Å². The third kappa shape index (κ3) is 3.88. The maximum atomic E-state index is 12.7. The monoisotopic (exact) mass is 348 g/mol. The van der Waals surface area contributed by atoms with Gasteiger partial charge in [-0.15, -0.1) is 0 Å². The summed E-state index contributed by atoms with van der Waals surface area (Å²) < 4.78 is 0. The van der Waals surface area contributed by atoms with E-state index in [0.29, 0.717) is 17.7 Å². The van der Waals surface area contributed by atoms with E-state index in [4.69, 9.17) is 0 Å². The van der Waals surface area contributed by atoms with Crippen LogP contribution in [0.2, 0.25) is 0 Å². The predicted octanol–water partition coefficient (Wildman–Crippen LogP) is 1.88. The second kappa shape index (κ2) is 7.35. The van der Waals surface area contributed by atoms with Gasteiger partial charge in [-0.2, -0.15) is 0 Å². The molecule has 0 bridgehead atoms. The van der Waals surface area contributed by atoms with Crippen LogP contribution in [0.4, 0.5) is 5.69 Å². The lowest BCUT2D eigenvalue weighted by molar-refractivity contribution is -0.297. The average molecular weight is 348 g/mol. The van der Waals surface area contributed by atoms with Crippen molar-refractivity contribution < 1.29 is 19.5 Å². The minimum atomic E-state index is -1.28. The highest BCUT2D eigenvalue weighted by Crippen LogP contribution is 2.29. The van der Waals surface area contributed by atoms with Crippen LogP contribution in [0.3, 0.4) is 0 Å². The second-order valence-electron chi connectivity index (χ2n) is 6.40. The van der Waals surface area contributed by atoms with Crippen molar-refractivity contribution in [3.63, 3.8) is 0 Å². The zero-order valence-electron chi connectivity index (χ0n) is 14.3. The third-order valence-electron chi connectivity index (χ3n) is 4.41. The molecule has 0 N–H and O–H groups in total. The van der Waals surface area contributed by atoms with Crippen molar-refractivity contribution in [3.05, 3.63) is 71.3 Å². The summed E-state index contributed by atoms with van der Waals surface area (Å²) in [6.07, 6.45) is 3.05. The van der Waals surface area contributed by atoms with Crippen LogP contribution in [-0.2, 0) is 20.8 Å². The molecule has 1 fully saturated rings. The first-order valence-corrected chi connectivity index (χ1v) is 8.35. The van der Waals surface area contributed by atoms with Gasteiger partial charge in [-0.25, -0.2) is 0 Å². The molecule has 26 heavy (non-hydrogen) atoms. The van der Waals surface area contributed by atoms with Crippen molar-refractivity contribution in [2.75, 3.05) is 4.90 Å². The van der Waals surface area contributed by atoms with Gasteiger partial charge in [-0.1, -0.05) is 48.0 Å². The number of rotatable bonds is 5. The molecule has 2 aromatic carbocycles. The molecular formula is C21H18NO4-. The van der Waals surface area contributed by atoms with E-state index in [9.17, 15) is 19.5 Å². The Morgan fingerprint density at radius 1 is 1.12 bits per heavy atom. The summed E-state index contributed by atoms with van der Waals surface area (Å²) >= 11 is 0. The predicted molar refractivity (Wildman–Crippen MR) is 96.0 cm³/mol. The molecule has 132 valence electrons. The van der Waals surface area contributed by atoms with Crippen molar-refractivity contribution in [1.29, 1.82) is 0 Å². The van der Waals surface area contributed by atoms with Gasteiger partial charge < -0.3 is 9.90 Å². The Hall–Kier alpha value is -3.21. The van der Waals surface area contributed by atoms with Gasteiger partial charge in [0.1, 0.15) is 0 Å². The molecule has 1 unspecified atom stereocenters. The number of carboxylic acid groups (broad SMARTS) is 1. The lowest BCUT2D eigenvalue weighted by atomic mass is 9.97. The summed E-state index contributed by atoms with van der Waals surface area (Å²) in [6, 6.07) is 14.5. The average Bonchev–Trinajstić information content (AvgIpc) is 2.89. The Balaban J connectivity index is 1.74. The quantitative estimate of drug-likeness (QED) is 0.611. The van der Waals surface area contributed by atoms with Crippen LogP contribution < -0.4 is 10.0 Å². The number of carbonyl (C=O) groups is 3. The van der Waals surface area contributed by atoms with Gasteiger partial charge in [-0.05, 0) is 42.7 Å². The van der Waals surface area contributed by atoms with Gasteiger partial charge in [0, 0.05) is 6.42 Å². The molecule has 1 atom stereocenters. The van der Waals surface area contributed by atoms with Crippen molar-refractivity contribution in [2.24, 2.45) is 5.92 Å². The van der Waals surface area contributed by atoms with Crippen LogP contribution in [0.1, 0.15) is 23.1 Å². The number of anilines is 1. The molecule has 2 amide bonds. The summed E-state index contributed by atoms with van der Waals surface area (Å²) in [5, 5.41) is 10.4. The third-order valence-corrected chi connectivity index (χ3v) is 4.41. The second-order valence-corrected chi connectivity index (χ2v) is 6.40. The number of amides is 2. The number of carbonyl (C=O) groups excluding carboxylic acids is 3. The van der Waals surface area contributed by atoms with Gasteiger partial charge in [-0.3, -0.25) is 14.5 Å². The lowest BCUT2D eigenvalue weighted by Crippen LogP contribution is -2.30. The molecule has 0 saturated carbocycles. The Morgan fingerprint density at radius 3 is 2.38 bits per heavy atom. The number of hydrogen-bond acceptors (Lipinski definition) is 4. The van der Waals surface area contributed by atoms with Crippen LogP contribution in [-0.4, -0.2) is 17.8 Å². The zero-order chi connectivity index (χ0) is 18.7. The molecule has 0 radical (unpaired) electrons. The Morgan fingerprint density at radius 2 is 1.77 bits per heavy atom. The van der Waals surface area contributed by atoms with E-state index in [1.807, 2.05) is 31.2 Å². The molecule has 1 saturated heterocycles. The largest absolute Gasteiger partial charge is 0.545 e. The van der Waals surface area contributed by atoms with E-state index in [1.165, 1.54) is 11.0 Å². The van der Waals surface area contributed by atoms with Crippen molar-refractivity contribution in [3.8, 4) is 0 Å². The van der Waals surface area contributed by atoms with Crippen LogP contribution in [0.15, 0.2) is 54.6 Å². The molecule has 1 aliphatic heterocycles. The Bertz CT molecular complexity index is 866. The highest BCUT2D eigenvalue weighted by Gasteiger charge is 2.39. The fraction of sp³-hybridized carbons (Fsp3) is 0.190. The molecule has 0 spiro atoms. The number of nitrogens with zero attached hydrogens (tertiary/aromatic N) is 1. The van der Waals surface area contributed by atoms with E-state index >= 15 is 0 Å². The summed E-state index contributed by atoms with van der Waals surface area (Å²) in [4.78, 5) is 36.7. The minimum Gasteiger partial charge on any atom is -0.545 e. The molecule has 1 heterocycles. The fourth-order valence-electron chi connectivity index (χ4n) is 3.03. The van der Waals surface area contributed by atoms with E-state index < -0.39 is 5.97 Å². The summed E-state index contributed by atoms with van der Waals surface area (Å²) in [7, 11) is 0. The summed E-state index contributed by atoms with van der Waals surface area (Å²) in [6.45, 7) is 2.00. The molecule has 5 heteroatoms. The topological polar surface area (TPSA) is 77.5 Å². The first-order valence-electron chi connectivity index (χ1n) is 8.35. The van der Waals surface area contributed by atoms with Crippen LogP contribution in [0.25, 0.3) is 6.08 Å². The molecule has 2 aromatic rings. The van der Waals surface area contributed by atoms with Gasteiger partial charge in [0.15, 0.2) is 0 Å².